The molecule has 0 radical (unpaired) electrons. The number of hydrogen-bond acceptors (Lipinski definition) is 2. The van der Waals surface area contributed by atoms with Gasteiger partial charge in [0.15, 0.2) is 0 Å². The molecule has 1 aromatic heterocycles. The van der Waals surface area contributed by atoms with Crippen LogP contribution in [0.3, 0.4) is 0 Å². The molecule has 0 bridgehead atoms. The van der Waals surface area contributed by atoms with Gasteiger partial charge in [-0.2, -0.15) is 1.33 Å². The average molecular weight is 835 g/mol. The molecule has 2 aromatic carbocycles. The molecular formula is C19H20BrI2N3OPt. The van der Waals surface area contributed by atoms with E-state index in [2.05, 4.69) is 140 Å². The van der Waals surface area contributed by atoms with Gasteiger partial charge in [0.25, 0.3) is 0 Å². The van der Waals surface area contributed by atoms with E-state index in [0.29, 0.717) is 0 Å². The Morgan fingerprint density at radius 3 is 2.33 bits per heavy atom. The van der Waals surface area contributed by atoms with Crippen molar-refractivity contribution < 1.29 is 24.1 Å². The minimum absolute atomic E-state index is 0.872. The van der Waals surface area contributed by atoms with E-state index in [9.17, 15) is 0 Å². The van der Waals surface area contributed by atoms with Gasteiger partial charge in [-0.3, -0.25) is 0 Å². The minimum atomic E-state index is 0.872. The van der Waals surface area contributed by atoms with E-state index >= 15 is 0 Å². The molecule has 0 aliphatic heterocycles. The Hall–Kier alpha value is 0.0383. The Kier molecular flexibility index (Phi) is 10.3. The van der Waals surface area contributed by atoms with E-state index in [1.165, 1.54) is 14.9 Å². The molecule has 1 heterocycles. The van der Waals surface area contributed by atoms with Crippen LogP contribution in [-0.4, -0.2) is 17.6 Å². The van der Waals surface area contributed by atoms with Gasteiger partial charge in [0.1, 0.15) is 0 Å². The Labute approximate surface area is 207 Å². The molecule has 0 fully saturated rings. The number of rotatable bonds is 5. The average Bonchev–Trinajstić information content (AvgIpc) is 2.96. The Balaban J connectivity index is 0.000000208. The van der Waals surface area contributed by atoms with E-state index in [1.807, 2.05) is 19.2 Å². The van der Waals surface area contributed by atoms with Gasteiger partial charge < -0.3 is 0 Å². The number of nitrogens with zero attached hydrogens (tertiary/aromatic N) is 3. The van der Waals surface area contributed by atoms with Crippen LogP contribution in [0.4, 0.5) is 0 Å². The number of halogens is 3. The monoisotopic (exact) mass is 834 g/mol. The molecule has 0 aliphatic rings. The maximum absolute atomic E-state index is 5.21. The summed E-state index contributed by atoms with van der Waals surface area (Å²) in [5, 5.41) is 0. The number of hydrogen-bond donors (Lipinski definition) is 0. The van der Waals surface area contributed by atoms with Crippen molar-refractivity contribution in [3.05, 3.63) is 80.3 Å². The molecule has 0 amide bonds. The third-order valence-corrected chi connectivity index (χ3v) is 6.33. The van der Waals surface area contributed by atoms with Crippen molar-refractivity contribution in [2.45, 2.75) is 13.1 Å². The molecule has 27 heavy (non-hydrogen) atoms. The van der Waals surface area contributed by atoms with Gasteiger partial charge in [-0.15, -0.1) is 0 Å². The summed E-state index contributed by atoms with van der Waals surface area (Å²) in [6.45, 7) is 1.85. The molecule has 3 rings (SSSR count). The first-order chi connectivity index (χ1) is 12.9. The topological polar surface area (TPSA) is 22.3 Å². The Bertz CT molecular complexity index is 910. The maximum atomic E-state index is 5.21. The van der Waals surface area contributed by atoms with Gasteiger partial charge in [0, 0.05) is 56.7 Å². The number of benzene rings is 2. The molecule has 0 aliphatic carbocycles. The first-order valence-corrected chi connectivity index (χ1v) is 11.9. The number of aryl methyl sites for hydroxylation is 1. The van der Waals surface area contributed by atoms with Crippen molar-refractivity contribution in [1.82, 2.24) is 10.5 Å². The third-order valence-electron chi connectivity index (χ3n) is 3.66. The summed E-state index contributed by atoms with van der Waals surface area (Å²) in [6, 6.07) is 16.5. The summed E-state index contributed by atoms with van der Waals surface area (Å²) in [5.41, 5.74) is 2.57. The molecule has 0 atom stereocenters. The van der Waals surface area contributed by atoms with E-state index < -0.39 is 0 Å². The van der Waals surface area contributed by atoms with Crippen molar-refractivity contribution in [3.63, 3.8) is 0 Å². The summed E-state index contributed by atoms with van der Waals surface area (Å²) in [7, 11) is 3.74. The van der Waals surface area contributed by atoms with E-state index in [0.717, 1.165) is 23.3 Å². The van der Waals surface area contributed by atoms with Gasteiger partial charge >= 0.3 is 106 Å². The van der Waals surface area contributed by atoms with Crippen molar-refractivity contribution in [3.8, 4) is 5.75 Å². The zero-order chi connectivity index (χ0) is 19.8. The van der Waals surface area contributed by atoms with Crippen LogP contribution < -0.4 is 4.74 Å². The van der Waals surface area contributed by atoms with Gasteiger partial charge in [-0.1, -0.05) is 28.1 Å². The van der Waals surface area contributed by atoms with Gasteiger partial charge in [0.2, 0.25) is 0 Å². The van der Waals surface area contributed by atoms with E-state index in [4.69, 9.17) is 4.74 Å². The van der Waals surface area contributed by atoms with Crippen molar-refractivity contribution >= 4 is 61.7 Å². The van der Waals surface area contributed by atoms with Crippen molar-refractivity contribution in [2.24, 2.45) is 7.05 Å². The Morgan fingerprint density at radius 2 is 1.78 bits per heavy atom. The molecule has 0 N–H and O–H groups in total. The van der Waals surface area contributed by atoms with E-state index in [1.54, 1.807) is 7.11 Å². The van der Waals surface area contributed by atoms with Gasteiger partial charge in [-0.05, 0) is 17.7 Å². The fourth-order valence-corrected chi connectivity index (χ4v) is 3.88. The molecule has 0 spiro atoms. The normalized spacial score (nSPS) is 10.5. The summed E-state index contributed by atoms with van der Waals surface area (Å²) in [6.07, 6.45) is 4.14. The SMILES string of the molecule is Brc1ccc(CN(I)I)cc1.COc1cccc(Cn2ccn(C)[c]2=[Pt])c1. The number of methoxy groups -OCH3 is 1. The molecule has 0 saturated heterocycles. The summed E-state index contributed by atoms with van der Waals surface area (Å²) >= 11 is 10.2. The first kappa shape index (κ1) is 23.3. The Morgan fingerprint density at radius 1 is 1.07 bits per heavy atom. The van der Waals surface area contributed by atoms with Crippen molar-refractivity contribution in [2.75, 3.05) is 7.11 Å². The molecule has 0 saturated carbocycles. The van der Waals surface area contributed by atoms with Crippen molar-refractivity contribution in [1.29, 1.82) is 0 Å². The molecule has 0 unspecified atom stereocenters. The van der Waals surface area contributed by atoms with Crippen LogP contribution >= 0.6 is 61.7 Å². The zero-order valence-electron chi connectivity index (χ0n) is 14.9. The van der Waals surface area contributed by atoms with Crippen LogP contribution in [0.2, 0.25) is 0 Å². The van der Waals surface area contributed by atoms with Crippen LogP contribution in [-0.2, 0) is 39.5 Å². The fraction of sp³-hybridized carbons (Fsp3) is 0.211. The summed E-state index contributed by atoms with van der Waals surface area (Å²) in [4.78, 5) is 0. The van der Waals surface area contributed by atoms with Crippen LogP contribution in [0.5, 0.6) is 5.75 Å². The molecule has 3 aromatic rings. The standard InChI is InChI=1S/C12H14N2O.C7H6BrI2N.Pt/c1-13-6-7-14(10-13)9-11-4-3-5-12(8-11)15-2;8-7-3-1-6(2-4-7)5-11(9)10;/h3-8H,9H2,1-2H3;1-4H,5H2;. The predicted octanol–water partition coefficient (Wildman–Crippen LogP) is 5.91. The zero-order valence-corrected chi connectivity index (χ0v) is 23.1. The van der Waals surface area contributed by atoms with Gasteiger partial charge in [0.05, 0.1) is 0 Å². The van der Waals surface area contributed by atoms with Crippen LogP contribution in [0.25, 0.3) is 0 Å². The molecule has 8 heteroatoms. The van der Waals surface area contributed by atoms with Gasteiger partial charge in [-0.25, -0.2) is 0 Å². The summed E-state index contributed by atoms with van der Waals surface area (Å²) in [5.74, 6) is 0.907. The van der Waals surface area contributed by atoms with Crippen LogP contribution in [0.15, 0.2) is 65.4 Å². The number of aromatic nitrogens is 2. The second kappa shape index (κ2) is 11.9. The van der Waals surface area contributed by atoms with Crippen LogP contribution in [0, 0.1) is 3.80 Å². The third kappa shape index (κ3) is 8.12. The van der Waals surface area contributed by atoms with E-state index in [-0.39, 0.29) is 0 Å². The second-order valence-corrected chi connectivity index (χ2v) is 11.8. The predicted molar refractivity (Wildman–Crippen MR) is 126 cm³/mol. The fourth-order valence-electron chi connectivity index (χ4n) is 2.31. The quantitative estimate of drug-likeness (QED) is 0.236. The molecular weight excluding hydrogens is 815 g/mol. The first-order valence-electron chi connectivity index (χ1n) is 8.02. The summed E-state index contributed by atoms with van der Waals surface area (Å²) < 4.78 is 14.0. The molecule has 148 valence electrons. The molecule has 4 nitrogen and oxygen atoms in total. The number of ether oxygens (including phenoxy) is 1. The number of imidazole rings is 1. The van der Waals surface area contributed by atoms with Crippen LogP contribution in [0.1, 0.15) is 11.1 Å². The second-order valence-electron chi connectivity index (χ2n) is 5.72.